The fraction of sp³-hybridized carbons (Fsp3) is 0.278. The molecule has 0 radical (unpaired) electrons. The Morgan fingerprint density at radius 1 is 1.10 bits per heavy atom. The van der Waals surface area contributed by atoms with E-state index >= 15 is 0 Å². The van der Waals surface area contributed by atoms with Crippen LogP contribution in [0.4, 0.5) is 5.13 Å². The molecule has 0 atom stereocenters. The Hall–Kier alpha value is -1.87. The summed E-state index contributed by atoms with van der Waals surface area (Å²) in [4.78, 5) is 4.68. The summed E-state index contributed by atoms with van der Waals surface area (Å²) >= 11 is 1.72. The molecule has 0 fully saturated rings. The summed E-state index contributed by atoms with van der Waals surface area (Å²) in [5, 5.41) is 4.43. The lowest BCUT2D eigenvalue weighted by atomic mass is 10.0. The lowest BCUT2D eigenvalue weighted by Crippen LogP contribution is -1.99. The lowest BCUT2D eigenvalue weighted by molar-refractivity contribution is 0.865. The molecule has 3 heteroatoms. The summed E-state index contributed by atoms with van der Waals surface area (Å²) in [5.41, 5.74) is 5.02. The van der Waals surface area contributed by atoms with Crippen LogP contribution in [0.2, 0.25) is 0 Å². The van der Waals surface area contributed by atoms with Gasteiger partial charge in [-0.15, -0.1) is 0 Å². The van der Waals surface area contributed by atoms with Crippen LogP contribution < -0.4 is 5.32 Å². The van der Waals surface area contributed by atoms with Crippen LogP contribution in [0.15, 0.2) is 42.5 Å². The highest BCUT2D eigenvalue weighted by molar-refractivity contribution is 7.22. The van der Waals surface area contributed by atoms with E-state index in [1.54, 1.807) is 11.3 Å². The van der Waals surface area contributed by atoms with E-state index in [0.717, 1.165) is 17.2 Å². The Morgan fingerprint density at radius 2 is 1.86 bits per heavy atom. The summed E-state index contributed by atoms with van der Waals surface area (Å²) < 4.78 is 1.24. The fourth-order valence-electron chi connectivity index (χ4n) is 2.36. The number of rotatable bonds is 4. The minimum absolute atomic E-state index is 0.583. The Kier molecular flexibility index (Phi) is 3.93. The average Bonchev–Trinajstić information content (AvgIpc) is 2.90. The van der Waals surface area contributed by atoms with Gasteiger partial charge >= 0.3 is 0 Å². The van der Waals surface area contributed by atoms with Crippen LogP contribution in [0.25, 0.3) is 10.2 Å². The normalized spacial score (nSPS) is 11.2. The number of aromatic nitrogens is 1. The number of para-hydroxylation sites is 1. The van der Waals surface area contributed by atoms with Gasteiger partial charge in [0.25, 0.3) is 0 Å². The molecule has 0 aliphatic heterocycles. The van der Waals surface area contributed by atoms with Crippen LogP contribution in [-0.4, -0.2) is 4.98 Å². The summed E-state index contributed by atoms with van der Waals surface area (Å²) in [6, 6.07) is 15.1. The van der Waals surface area contributed by atoms with Gasteiger partial charge in [0.15, 0.2) is 5.13 Å². The summed E-state index contributed by atoms with van der Waals surface area (Å²) in [5.74, 6) is 0.583. The quantitative estimate of drug-likeness (QED) is 0.703. The van der Waals surface area contributed by atoms with E-state index in [4.69, 9.17) is 0 Å². The molecule has 0 saturated carbocycles. The molecule has 2 aromatic carbocycles. The van der Waals surface area contributed by atoms with Gasteiger partial charge < -0.3 is 5.32 Å². The highest BCUT2D eigenvalue weighted by Crippen LogP contribution is 2.28. The Bertz CT molecular complexity index is 742. The number of hydrogen-bond acceptors (Lipinski definition) is 3. The van der Waals surface area contributed by atoms with E-state index in [1.165, 1.54) is 21.4 Å². The van der Waals surface area contributed by atoms with Crippen molar-refractivity contribution in [1.82, 2.24) is 4.98 Å². The number of hydrogen-bond donors (Lipinski definition) is 1. The number of benzene rings is 2. The van der Waals surface area contributed by atoms with Crippen molar-refractivity contribution in [3.63, 3.8) is 0 Å². The topological polar surface area (TPSA) is 24.9 Å². The van der Waals surface area contributed by atoms with Crippen molar-refractivity contribution in [3.8, 4) is 0 Å². The van der Waals surface area contributed by atoms with Gasteiger partial charge in [0, 0.05) is 6.54 Å². The van der Waals surface area contributed by atoms with E-state index in [2.05, 4.69) is 73.5 Å². The molecule has 0 aliphatic rings. The first-order valence-electron chi connectivity index (χ1n) is 7.32. The third-order valence-electron chi connectivity index (χ3n) is 3.71. The first-order valence-corrected chi connectivity index (χ1v) is 8.14. The Labute approximate surface area is 129 Å². The Morgan fingerprint density at radius 3 is 2.52 bits per heavy atom. The molecule has 1 N–H and O–H groups in total. The number of fused-ring (bicyclic) bond motifs is 1. The Balaban J connectivity index is 1.72. The first-order chi connectivity index (χ1) is 10.1. The molecule has 0 amide bonds. The van der Waals surface area contributed by atoms with Gasteiger partial charge in [0.1, 0.15) is 0 Å². The minimum Gasteiger partial charge on any atom is -0.357 e. The molecule has 0 unspecified atom stereocenters. The third-order valence-corrected chi connectivity index (χ3v) is 4.69. The third kappa shape index (κ3) is 3.08. The maximum atomic E-state index is 4.68. The monoisotopic (exact) mass is 296 g/mol. The molecule has 0 aliphatic carbocycles. The summed E-state index contributed by atoms with van der Waals surface area (Å²) in [6.45, 7) is 7.36. The van der Waals surface area contributed by atoms with Gasteiger partial charge in [-0.3, -0.25) is 0 Å². The fourth-order valence-corrected chi connectivity index (χ4v) is 3.30. The van der Waals surface area contributed by atoms with Gasteiger partial charge in [0.05, 0.1) is 10.2 Å². The molecule has 1 aromatic heterocycles. The van der Waals surface area contributed by atoms with Gasteiger partial charge in [-0.25, -0.2) is 4.98 Å². The van der Waals surface area contributed by atoms with Crippen molar-refractivity contribution < 1.29 is 0 Å². The van der Waals surface area contributed by atoms with Gasteiger partial charge in [0.2, 0.25) is 0 Å². The molecule has 3 rings (SSSR count). The average molecular weight is 296 g/mol. The largest absolute Gasteiger partial charge is 0.357 e. The van der Waals surface area contributed by atoms with E-state index in [-0.39, 0.29) is 0 Å². The van der Waals surface area contributed by atoms with Gasteiger partial charge in [-0.2, -0.15) is 0 Å². The zero-order valence-corrected chi connectivity index (χ0v) is 13.5. The van der Waals surface area contributed by atoms with Crippen molar-refractivity contribution >= 4 is 26.7 Å². The molecule has 108 valence electrons. The SMILES string of the molecule is Cc1cccc2sc(NCc3ccc(C(C)C)cc3)nc12. The van der Waals surface area contributed by atoms with Crippen LogP contribution in [0.3, 0.4) is 0 Å². The first kappa shape index (κ1) is 14.1. The number of thiazole rings is 1. The van der Waals surface area contributed by atoms with Gasteiger partial charge in [-0.1, -0.05) is 61.6 Å². The number of nitrogens with one attached hydrogen (secondary N) is 1. The maximum absolute atomic E-state index is 4.68. The molecule has 21 heavy (non-hydrogen) atoms. The van der Waals surface area contributed by atoms with Crippen molar-refractivity contribution in [2.45, 2.75) is 33.2 Å². The molecule has 3 aromatic rings. The van der Waals surface area contributed by atoms with Crippen molar-refractivity contribution in [2.75, 3.05) is 5.32 Å². The highest BCUT2D eigenvalue weighted by atomic mass is 32.1. The second-order valence-corrected chi connectivity index (χ2v) is 6.72. The summed E-state index contributed by atoms with van der Waals surface area (Å²) in [7, 11) is 0. The van der Waals surface area contributed by atoms with Crippen molar-refractivity contribution in [1.29, 1.82) is 0 Å². The highest BCUT2D eigenvalue weighted by Gasteiger charge is 2.05. The predicted octanol–water partition coefficient (Wildman–Crippen LogP) is 5.34. The minimum atomic E-state index is 0.583. The maximum Gasteiger partial charge on any atom is 0.184 e. The molecule has 0 bridgehead atoms. The zero-order chi connectivity index (χ0) is 14.8. The van der Waals surface area contributed by atoms with Crippen molar-refractivity contribution in [2.24, 2.45) is 0 Å². The second-order valence-electron chi connectivity index (χ2n) is 5.69. The standard InChI is InChI=1S/C18H20N2S/c1-12(2)15-9-7-14(8-10-15)11-19-18-20-17-13(3)5-4-6-16(17)21-18/h4-10,12H,11H2,1-3H3,(H,19,20). The smallest absolute Gasteiger partial charge is 0.184 e. The van der Waals surface area contributed by atoms with Crippen LogP contribution in [-0.2, 0) is 6.54 Å². The van der Waals surface area contributed by atoms with E-state index < -0.39 is 0 Å². The molecule has 0 spiro atoms. The molecule has 1 heterocycles. The summed E-state index contributed by atoms with van der Waals surface area (Å²) in [6.07, 6.45) is 0. The predicted molar refractivity (Wildman–Crippen MR) is 92.2 cm³/mol. The van der Waals surface area contributed by atoms with Crippen LogP contribution >= 0.6 is 11.3 Å². The van der Waals surface area contributed by atoms with E-state index in [0.29, 0.717) is 5.92 Å². The lowest BCUT2D eigenvalue weighted by Gasteiger charge is -2.07. The van der Waals surface area contributed by atoms with Crippen LogP contribution in [0.5, 0.6) is 0 Å². The zero-order valence-electron chi connectivity index (χ0n) is 12.7. The van der Waals surface area contributed by atoms with Crippen LogP contribution in [0.1, 0.15) is 36.5 Å². The van der Waals surface area contributed by atoms with Gasteiger partial charge in [-0.05, 0) is 35.6 Å². The molecule has 2 nitrogen and oxygen atoms in total. The van der Waals surface area contributed by atoms with Crippen molar-refractivity contribution in [3.05, 3.63) is 59.2 Å². The number of nitrogens with zero attached hydrogens (tertiary/aromatic N) is 1. The van der Waals surface area contributed by atoms with E-state index in [1.807, 2.05) is 0 Å². The van der Waals surface area contributed by atoms with E-state index in [9.17, 15) is 0 Å². The van der Waals surface area contributed by atoms with Crippen LogP contribution in [0, 0.1) is 6.92 Å². The number of anilines is 1. The number of aryl methyl sites for hydroxylation is 1. The molecule has 0 saturated heterocycles. The molecular weight excluding hydrogens is 276 g/mol. The molecular formula is C18H20N2S. The second kappa shape index (κ2) is 5.86.